The summed E-state index contributed by atoms with van der Waals surface area (Å²) in [5.74, 6) is 0. The summed E-state index contributed by atoms with van der Waals surface area (Å²) in [6.45, 7) is 0. The van der Waals surface area contributed by atoms with Crippen molar-refractivity contribution in [3.63, 3.8) is 0 Å². The van der Waals surface area contributed by atoms with Gasteiger partial charge in [0.1, 0.15) is 0 Å². The first-order valence-electron chi connectivity index (χ1n) is 6.30. The monoisotopic (exact) mass is 272 g/mol. The standard InChI is InChI=1S/C16H20N2S/c1-17(2)13-9-5-7-11-15(13)19-16-12-8-6-10-14(16)18(3)4/h5-12H,1-4H3. The van der Waals surface area contributed by atoms with Crippen molar-refractivity contribution in [3.8, 4) is 0 Å². The molecule has 0 aliphatic heterocycles. The second-order valence-electron chi connectivity index (χ2n) is 4.83. The Morgan fingerprint density at radius 3 is 1.37 bits per heavy atom. The first kappa shape index (κ1) is 13.8. The summed E-state index contributed by atoms with van der Waals surface area (Å²) in [7, 11) is 8.32. The van der Waals surface area contributed by atoms with Crippen LogP contribution in [0.5, 0.6) is 0 Å². The Morgan fingerprint density at radius 2 is 1.00 bits per heavy atom. The summed E-state index contributed by atoms with van der Waals surface area (Å²) in [4.78, 5) is 6.87. The second kappa shape index (κ2) is 6.02. The molecule has 0 bridgehead atoms. The lowest BCUT2D eigenvalue weighted by molar-refractivity contribution is 1.09. The van der Waals surface area contributed by atoms with Crippen molar-refractivity contribution in [2.45, 2.75) is 9.79 Å². The molecule has 2 nitrogen and oxygen atoms in total. The van der Waals surface area contributed by atoms with Crippen molar-refractivity contribution in [2.24, 2.45) is 0 Å². The summed E-state index contributed by atoms with van der Waals surface area (Å²) in [5.41, 5.74) is 2.50. The largest absolute Gasteiger partial charge is 0.377 e. The Kier molecular flexibility index (Phi) is 4.38. The molecule has 0 atom stereocenters. The van der Waals surface area contributed by atoms with Crippen molar-refractivity contribution < 1.29 is 0 Å². The molecule has 0 spiro atoms. The van der Waals surface area contributed by atoms with Crippen LogP contribution in [0.1, 0.15) is 0 Å². The quantitative estimate of drug-likeness (QED) is 0.831. The molecule has 0 saturated carbocycles. The fraction of sp³-hybridized carbons (Fsp3) is 0.250. The van der Waals surface area contributed by atoms with Gasteiger partial charge in [-0.1, -0.05) is 36.0 Å². The number of hydrogen-bond acceptors (Lipinski definition) is 3. The van der Waals surface area contributed by atoms with Crippen LogP contribution in [0.2, 0.25) is 0 Å². The van der Waals surface area contributed by atoms with Crippen LogP contribution in [0.15, 0.2) is 58.3 Å². The molecule has 0 N–H and O–H groups in total. The zero-order valence-electron chi connectivity index (χ0n) is 11.9. The van der Waals surface area contributed by atoms with E-state index in [4.69, 9.17) is 0 Å². The summed E-state index contributed by atoms with van der Waals surface area (Å²) in [5, 5.41) is 0. The van der Waals surface area contributed by atoms with Gasteiger partial charge in [-0.15, -0.1) is 0 Å². The van der Waals surface area contributed by atoms with Crippen LogP contribution in [0, 0.1) is 0 Å². The molecule has 0 unspecified atom stereocenters. The van der Waals surface area contributed by atoms with E-state index >= 15 is 0 Å². The minimum absolute atomic E-state index is 1.25. The highest BCUT2D eigenvalue weighted by Gasteiger charge is 2.09. The summed E-state index contributed by atoms with van der Waals surface area (Å²) >= 11 is 1.81. The summed E-state index contributed by atoms with van der Waals surface area (Å²) < 4.78 is 0. The topological polar surface area (TPSA) is 6.48 Å². The molecule has 0 aliphatic carbocycles. The van der Waals surface area contributed by atoms with E-state index in [2.05, 4.69) is 86.5 Å². The maximum atomic E-state index is 2.17. The van der Waals surface area contributed by atoms with Gasteiger partial charge in [0.2, 0.25) is 0 Å². The fourth-order valence-corrected chi connectivity index (χ4v) is 3.18. The molecule has 2 aromatic carbocycles. The van der Waals surface area contributed by atoms with Gasteiger partial charge < -0.3 is 9.80 Å². The van der Waals surface area contributed by atoms with Crippen molar-refractivity contribution in [1.29, 1.82) is 0 Å². The molecule has 0 amide bonds. The van der Waals surface area contributed by atoms with Crippen LogP contribution >= 0.6 is 11.8 Å². The second-order valence-corrected chi connectivity index (χ2v) is 5.91. The van der Waals surface area contributed by atoms with Gasteiger partial charge in [-0.2, -0.15) is 0 Å². The first-order valence-corrected chi connectivity index (χ1v) is 7.12. The third-order valence-corrected chi connectivity index (χ3v) is 4.04. The van der Waals surface area contributed by atoms with Crippen molar-refractivity contribution >= 4 is 23.1 Å². The van der Waals surface area contributed by atoms with E-state index in [-0.39, 0.29) is 0 Å². The molecular formula is C16H20N2S. The van der Waals surface area contributed by atoms with E-state index < -0.39 is 0 Å². The molecule has 100 valence electrons. The van der Waals surface area contributed by atoms with E-state index in [1.807, 2.05) is 11.8 Å². The lowest BCUT2D eigenvalue weighted by Gasteiger charge is -2.20. The number of rotatable bonds is 4. The highest BCUT2D eigenvalue weighted by atomic mass is 32.2. The predicted octanol–water partition coefficient (Wildman–Crippen LogP) is 3.97. The van der Waals surface area contributed by atoms with Crippen molar-refractivity contribution in [3.05, 3.63) is 48.5 Å². The van der Waals surface area contributed by atoms with Crippen LogP contribution in [0.4, 0.5) is 11.4 Å². The predicted molar refractivity (Wildman–Crippen MR) is 85.7 cm³/mol. The number of hydrogen-bond donors (Lipinski definition) is 0. The molecule has 19 heavy (non-hydrogen) atoms. The van der Waals surface area contributed by atoms with E-state index in [0.29, 0.717) is 0 Å². The Bertz CT molecular complexity index is 500. The SMILES string of the molecule is CN(C)c1ccccc1Sc1ccccc1N(C)C. The van der Waals surface area contributed by atoms with Crippen LogP contribution in [0.25, 0.3) is 0 Å². The van der Waals surface area contributed by atoms with Gasteiger partial charge >= 0.3 is 0 Å². The Morgan fingerprint density at radius 1 is 0.632 bits per heavy atom. The van der Waals surface area contributed by atoms with Gasteiger partial charge in [-0.3, -0.25) is 0 Å². The van der Waals surface area contributed by atoms with Crippen LogP contribution in [-0.4, -0.2) is 28.2 Å². The number of anilines is 2. The molecule has 0 radical (unpaired) electrons. The molecule has 3 heteroatoms. The fourth-order valence-electron chi connectivity index (χ4n) is 1.94. The summed E-state index contributed by atoms with van der Waals surface area (Å²) in [6, 6.07) is 17.0. The van der Waals surface area contributed by atoms with Crippen molar-refractivity contribution in [1.82, 2.24) is 0 Å². The van der Waals surface area contributed by atoms with Gasteiger partial charge in [0, 0.05) is 38.0 Å². The molecular weight excluding hydrogens is 252 g/mol. The summed E-state index contributed by atoms with van der Waals surface area (Å²) in [6.07, 6.45) is 0. The average Bonchev–Trinajstić information content (AvgIpc) is 2.39. The van der Waals surface area contributed by atoms with E-state index in [1.54, 1.807) is 0 Å². The zero-order chi connectivity index (χ0) is 13.8. The minimum atomic E-state index is 1.25. The van der Waals surface area contributed by atoms with E-state index in [0.717, 1.165) is 0 Å². The zero-order valence-corrected chi connectivity index (χ0v) is 12.7. The average molecular weight is 272 g/mol. The molecule has 2 aromatic rings. The van der Waals surface area contributed by atoms with Crippen LogP contribution in [-0.2, 0) is 0 Å². The Hall–Kier alpha value is -1.61. The highest BCUT2D eigenvalue weighted by molar-refractivity contribution is 7.99. The lowest BCUT2D eigenvalue weighted by Crippen LogP contribution is -2.10. The Balaban J connectivity index is 2.37. The third-order valence-electron chi connectivity index (χ3n) is 2.91. The van der Waals surface area contributed by atoms with Gasteiger partial charge in [-0.25, -0.2) is 0 Å². The third kappa shape index (κ3) is 3.24. The molecule has 0 aromatic heterocycles. The Labute approximate surface area is 120 Å². The minimum Gasteiger partial charge on any atom is -0.377 e. The van der Waals surface area contributed by atoms with Crippen LogP contribution in [0.3, 0.4) is 0 Å². The smallest absolute Gasteiger partial charge is 0.0502 e. The molecule has 0 fully saturated rings. The lowest BCUT2D eigenvalue weighted by atomic mass is 10.3. The first-order chi connectivity index (χ1) is 9.09. The van der Waals surface area contributed by atoms with Crippen LogP contribution < -0.4 is 9.80 Å². The maximum Gasteiger partial charge on any atom is 0.0502 e. The van der Waals surface area contributed by atoms with E-state index in [1.165, 1.54) is 21.2 Å². The van der Waals surface area contributed by atoms with E-state index in [9.17, 15) is 0 Å². The van der Waals surface area contributed by atoms with Gasteiger partial charge in [-0.05, 0) is 24.3 Å². The van der Waals surface area contributed by atoms with Gasteiger partial charge in [0.15, 0.2) is 0 Å². The van der Waals surface area contributed by atoms with Gasteiger partial charge in [0.25, 0.3) is 0 Å². The molecule has 0 saturated heterocycles. The molecule has 0 heterocycles. The number of benzene rings is 2. The molecule has 2 rings (SSSR count). The highest BCUT2D eigenvalue weighted by Crippen LogP contribution is 2.38. The normalized spacial score (nSPS) is 10.3. The number of nitrogens with zero attached hydrogens (tertiary/aromatic N) is 2. The van der Waals surface area contributed by atoms with Gasteiger partial charge in [0.05, 0.1) is 11.4 Å². The molecule has 0 aliphatic rings. The van der Waals surface area contributed by atoms with Crippen molar-refractivity contribution in [2.75, 3.05) is 38.0 Å². The maximum absolute atomic E-state index is 2.17. The number of para-hydroxylation sites is 2.